The number of amides is 1. The van der Waals surface area contributed by atoms with Crippen LogP contribution < -0.4 is 10.1 Å². The summed E-state index contributed by atoms with van der Waals surface area (Å²) in [6.45, 7) is 4.77. The Bertz CT molecular complexity index is 1060. The summed E-state index contributed by atoms with van der Waals surface area (Å²) in [5, 5.41) is 13.1. The van der Waals surface area contributed by atoms with Crippen molar-refractivity contribution in [3.05, 3.63) is 30.2 Å². The molecule has 1 amide bonds. The molecule has 146 valence electrons. The quantitative estimate of drug-likeness (QED) is 0.740. The predicted molar refractivity (Wildman–Crippen MR) is 106 cm³/mol. The van der Waals surface area contributed by atoms with E-state index in [2.05, 4.69) is 45.4 Å². The first kappa shape index (κ1) is 17.3. The second kappa shape index (κ2) is 6.36. The van der Waals surface area contributed by atoms with Gasteiger partial charge in [-0.3, -0.25) is 14.2 Å². The molecule has 1 unspecified atom stereocenters. The molecule has 5 rings (SSSR count). The molecule has 3 heterocycles. The van der Waals surface area contributed by atoms with Crippen molar-refractivity contribution in [3.8, 4) is 16.9 Å². The van der Waals surface area contributed by atoms with Crippen molar-refractivity contribution in [3.63, 3.8) is 0 Å². The molecule has 0 bridgehead atoms. The van der Waals surface area contributed by atoms with Gasteiger partial charge in [0, 0.05) is 43.4 Å². The summed E-state index contributed by atoms with van der Waals surface area (Å²) in [5.41, 5.74) is 4.12. The third-order valence-electron chi connectivity index (χ3n) is 6.03. The molecule has 28 heavy (non-hydrogen) atoms. The van der Waals surface area contributed by atoms with Crippen molar-refractivity contribution in [2.24, 2.45) is 13.0 Å². The van der Waals surface area contributed by atoms with Gasteiger partial charge in [0.15, 0.2) is 0 Å². The van der Waals surface area contributed by atoms with Crippen LogP contribution in [0, 0.1) is 12.8 Å². The van der Waals surface area contributed by atoms with E-state index in [1.54, 1.807) is 0 Å². The van der Waals surface area contributed by atoms with Crippen molar-refractivity contribution in [2.75, 3.05) is 6.54 Å². The smallest absolute Gasteiger partial charge is 0.220 e. The molecule has 1 aliphatic heterocycles. The first-order valence-corrected chi connectivity index (χ1v) is 9.95. The summed E-state index contributed by atoms with van der Waals surface area (Å²) in [5.74, 6) is 1.11. The second-order valence-electron chi connectivity index (χ2n) is 8.11. The van der Waals surface area contributed by atoms with Crippen LogP contribution in [0.25, 0.3) is 22.0 Å². The van der Waals surface area contributed by atoms with Crippen LogP contribution in [0.15, 0.2) is 24.5 Å². The van der Waals surface area contributed by atoms with Gasteiger partial charge in [0.25, 0.3) is 0 Å². The number of aryl methyl sites for hydroxylation is 2. The highest BCUT2D eigenvalue weighted by Gasteiger charge is 2.29. The van der Waals surface area contributed by atoms with E-state index in [0.29, 0.717) is 19.0 Å². The van der Waals surface area contributed by atoms with Gasteiger partial charge in [-0.1, -0.05) is 0 Å². The molecule has 1 saturated carbocycles. The number of hydrogen-bond donors (Lipinski definition) is 1. The van der Waals surface area contributed by atoms with Crippen LogP contribution in [-0.2, 0) is 11.8 Å². The highest BCUT2D eigenvalue weighted by molar-refractivity contribution is 5.92. The Hall–Kier alpha value is -2.83. The highest BCUT2D eigenvalue weighted by atomic mass is 16.5. The normalized spacial score (nSPS) is 20.5. The number of hydrogen-bond acceptors (Lipinski definition) is 4. The van der Waals surface area contributed by atoms with Crippen molar-refractivity contribution < 1.29 is 9.53 Å². The minimum atomic E-state index is -0.0637. The van der Waals surface area contributed by atoms with E-state index in [0.717, 1.165) is 33.5 Å². The Morgan fingerprint density at radius 1 is 1.29 bits per heavy atom. The van der Waals surface area contributed by atoms with E-state index in [4.69, 9.17) is 4.74 Å². The summed E-state index contributed by atoms with van der Waals surface area (Å²) in [6.07, 6.45) is 6.90. The maximum absolute atomic E-state index is 11.6. The lowest BCUT2D eigenvalue weighted by Crippen LogP contribution is -2.25. The highest BCUT2D eigenvalue weighted by Crippen LogP contribution is 2.38. The third-order valence-corrected chi connectivity index (χ3v) is 6.03. The maximum Gasteiger partial charge on any atom is 0.220 e. The van der Waals surface area contributed by atoms with Gasteiger partial charge in [-0.25, -0.2) is 0 Å². The molecule has 3 aromatic rings. The van der Waals surface area contributed by atoms with Crippen molar-refractivity contribution in [1.29, 1.82) is 0 Å². The molecule has 0 radical (unpaired) electrons. The van der Waals surface area contributed by atoms with Crippen LogP contribution in [-0.4, -0.2) is 38.1 Å². The van der Waals surface area contributed by atoms with E-state index in [9.17, 15) is 4.79 Å². The largest absolute Gasteiger partial charge is 0.490 e. The first-order chi connectivity index (χ1) is 13.5. The standard InChI is InChI=1S/C21H25N5O2/c1-12-21-18(24-25(12)3)6-14(16-10-23-26(11-16)17-4-5-17)7-19(21)28-13(2)15-8-20(27)22-9-15/h6-7,10-11,13,15,17H,4-5,8-9H2,1-3H3,(H,22,27)/t13?,15-/m1/s1. The number of fused-ring (bicyclic) bond motifs is 1. The first-order valence-electron chi connectivity index (χ1n) is 9.95. The number of ether oxygens (including phenoxy) is 1. The zero-order chi connectivity index (χ0) is 19.4. The fourth-order valence-corrected chi connectivity index (χ4v) is 3.98. The van der Waals surface area contributed by atoms with E-state index in [-0.39, 0.29) is 17.9 Å². The van der Waals surface area contributed by atoms with E-state index < -0.39 is 0 Å². The predicted octanol–water partition coefficient (Wildman–Crippen LogP) is 2.98. The molecule has 7 heteroatoms. The molecule has 1 aliphatic carbocycles. The zero-order valence-electron chi connectivity index (χ0n) is 16.5. The summed E-state index contributed by atoms with van der Waals surface area (Å²) >= 11 is 0. The lowest BCUT2D eigenvalue weighted by atomic mass is 10.0. The molecule has 0 spiro atoms. The Morgan fingerprint density at radius 3 is 2.82 bits per heavy atom. The minimum Gasteiger partial charge on any atom is -0.490 e. The van der Waals surface area contributed by atoms with Gasteiger partial charge in [-0.15, -0.1) is 0 Å². The second-order valence-corrected chi connectivity index (χ2v) is 8.11. The number of carbonyl (C=O) groups is 1. The SMILES string of the molecule is Cc1c2c(OC(C)[C@H]3CNC(=O)C3)cc(-c3cnn(C4CC4)c3)cc2nn1C. The van der Waals surface area contributed by atoms with Gasteiger partial charge < -0.3 is 10.1 Å². The monoisotopic (exact) mass is 379 g/mol. The molecular formula is C21H25N5O2. The molecule has 7 nitrogen and oxygen atoms in total. The molecule has 2 fully saturated rings. The van der Waals surface area contributed by atoms with Gasteiger partial charge in [0.05, 0.1) is 23.1 Å². The maximum atomic E-state index is 11.6. The van der Waals surface area contributed by atoms with Crippen LogP contribution in [0.4, 0.5) is 0 Å². The Balaban J connectivity index is 1.54. The number of nitrogens with zero attached hydrogens (tertiary/aromatic N) is 4. The van der Waals surface area contributed by atoms with Gasteiger partial charge in [-0.2, -0.15) is 10.2 Å². The van der Waals surface area contributed by atoms with Crippen molar-refractivity contribution >= 4 is 16.8 Å². The summed E-state index contributed by atoms with van der Waals surface area (Å²) in [4.78, 5) is 11.6. The number of nitrogens with one attached hydrogen (secondary N) is 1. The molecule has 2 atom stereocenters. The Kier molecular flexibility index (Phi) is 3.92. The fraction of sp³-hybridized carbons (Fsp3) is 0.476. The lowest BCUT2D eigenvalue weighted by molar-refractivity contribution is -0.119. The van der Waals surface area contributed by atoms with E-state index in [1.807, 2.05) is 24.9 Å². The zero-order valence-corrected chi connectivity index (χ0v) is 16.5. The topological polar surface area (TPSA) is 74.0 Å². The average Bonchev–Trinajstić information content (AvgIpc) is 3.09. The van der Waals surface area contributed by atoms with Crippen molar-refractivity contribution in [2.45, 2.75) is 45.3 Å². The Labute approximate surface area is 163 Å². The van der Waals surface area contributed by atoms with E-state index in [1.165, 1.54) is 12.8 Å². The molecule has 1 N–H and O–H groups in total. The average molecular weight is 379 g/mol. The molecule has 2 aliphatic rings. The van der Waals surface area contributed by atoms with Crippen LogP contribution in [0.2, 0.25) is 0 Å². The summed E-state index contributed by atoms with van der Waals surface area (Å²) < 4.78 is 10.4. The van der Waals surface area contributed by atoms with Gasteiger partial charge >= 0.3 is 0 Å². The molecule has 2 aromatic heterocycles. The molecule has 1 saturated heterocycles. The van der Waals surface area contributed by atoms with Crippen LogP contribution in [0.3, 0.4) is 0 Å². The van der Waals surface area contributed by atoms with E-state index >= 15 is 0 Å². The van der Waals surface area contributed by atoms with Crippen LogP contribution in [0.5, 0.6) is 5.75 Å². The minimum absolute atomic E-state index is 0.0637. The summed E-state index contributed by atoms with van der Waals surface area (Å²) in [7, 11) is 1.95. The third kappa shape index (κ3) is 2.95. The van der Waals surface area contributed by atoms with Crippen LogP contribution in [0.1, 0.15) is 37.9 Å². The molecule has 1 aromatic carbocycles. The summed E-state index contributed by atoms with van der Waals surface area (Å²) in [6, 6.07) is 4.75. The lowest BCUT2D eigenvalue weighted by Gasteiger charge is -2.20. The number of carbonyl (C=O) groups excluding carboxylic acids is 1. The Morgan fingerprint density at radius 2 is 2.11 bits per heavy atom. The molecular weight excluding hydrogens is 354 g/mol. The van der Waals surface area contributed by atoms with Gasteiger partial charge in [-0.05, 0) is 44.4 Å². The van der Waals surface area contributed by atoms with Gasteiger partial charge in [0.1, 0.15) is 11.9 Å². The number of aromatic nitrogens is 4. The van der Waals surface area contributed by atoms with Gasteiger partial charge in [0.2, 0.25) is 5.91 Å². The number of rotatable bonds is 5. The number of benzene rings is 1. The van der Waals surface area contributed by atoms with Crippen molar-refractivity contribution in [1.82, 2.24) is 24.9 Å². The fourth-order valence-electron chi connectivity index (χ4n) is 3.98. The van der Waals surface area contributed by atoms with Crippen LogP contribution >= 0.6 is 0 Å².